The molecule has 0 fully saturated rings. The van der Waals surface area contributed by atoms with Crippen LogP contribution in [-0.2, 0) is 4.79 Å². The van der Waals surface area contributed by atoms with Crippen molar-refractivity contribution in [2.45, 2.75) is 13.3 Å². The van der Waals surface area contributed by atoms with Crippen LogP contribution >= 0.6 is 27.5 Å². The summed E-state index contributed by atoms with van der Waals surface area (Å²) in [6.07, 6.45) is -3.04. The third kappa shape index (κ3) is 3.14. The van der Waals surface area contributed by atoms with Gasteiger partial charge in [-0.3, -0.25) is 4.79 Å². The van der Waals surface area contributed by atoms with Crippen LogP contribution in [0.15, 0.2) is 16.6 Å². The van der Waals surface area contributed by atoms with E-state index in [-0.39, 0.29) is 5.69 Å². The van der Waals surface area contributed by atoms with Crippen molar-refractivity contribution in [1.82, 2.24) is 0 Å². The van der Waals surface area contributed by atoms with Crippen molar-refractivity contribution < 1.29 is 13.6 Å². The van der Waals surface area contributed by atoms with Crippen molar-refractivity contribution in [3.63, 3.8) is 0 Å². The van der Waals surface area contributed by atoms with E-state index in [1.54, 1.807) is 13.0 Å². The molecule has 1 aromatic carbocycles. The molecular weight excluding hydrogens is 291 g/mol. The van der Waals surface area contributed by atoms with Gasteiger partial charge in [-0.15, -0.1) is 0 Å². The molecule has 0 saturated heterocycles. The highest BCUT2D eigenvalue weighted by Crippen LogP contribution is 2.29. The lowest BCUT2D eigenvalue weighted by Gasteiger charge is -2.09. The van der Waals surface area contributed by atoms with E-state index in [9.17, 15) is 13.6 Å². The Bertz CT molecular complexity index is 398. The third-order valence-electron chi connectivity index (χ3n) is 1.72. The number of hydrogen-bond donors (Lipinski definition) is 1. The molecule has 0 spiro atoms. The lowest BCUT2D eigenvalue weighted by molar-refractivity contribution is -0.126. The molecule has 1 N–H and O–H groups in total. The highest BCUT2D eigenvalue weighted by atomic mass is 79.9. The number of benzene rings is 1. The molecule has 1 rings (SSSR count). The summed E-state index contributed by atoms with van der Waals surface area (Å²) >= 11 is 8.95. The summed E-state index contributed by atoms with van der Waals surface area (Å²) in [5, 5.41) is 2.44. The number of halogens is 4. The van der Waals surface area contributed by atoms with Gasteiger partial charge in [-0.25, -0.2) is 0 Å². The predicted octanol–water partition coefficient (Wildman–Crippen LogP) is 3.61. The van der Waals surface area contributed by atoms with Gasteiger partial charge in [-0.05, 0) is 40.5 Å². The minimum atomic E-state index is -3.04. The molecule has 0 heterocycles. The van der Waals surface area contributed by atoms with E-state index in [1.165, 1.54) is 6.07 Å². The van der Waals surface area contributed by atoms with Gasteiger partial charge in [0.1, 0.15) is 0 Å². The van der Waals surface area contributed by atoms with E-state index in [2.05, 4.69) is 21.2 Å². The molecule has 15 heavy (non-hydrogen) atoms. The Kier molecular flexibility index (Phi) is 4.04. The molecule has 0 radical (unpaired) electrons. The average Bonchev–Trinajstić information content (AvgIpc) is 2.13. The van der Waals surface area contributed by atoms with Gasteiger partial charge in [0.25, 0.3) is 5.91 Å². The number of rotatable bonds is 2. The summed E-state index contributed by atoms with van der Waals surface area (Å²) in [6.45, 7) is 1.68. The molecular formula is C9H7BrClF2NO. The van der Waals surface area contributed by atoms with Gasteiger partial charge in [-0.1, -0.05) is 11.6 Å². The van der Waals surface area contributed by atoms with E-state index in [0.717, 1.165) is 0 Å². The fourth-order valence-electron chi connectivity index (χ4n) is 0.968. The van der Waals surface area contributed by atoms with Gasteiger partial charge in [0.05, 0.1) is 5.02 Å². The highest BCUT2D eigenvalue weighted by molar-refractivity contribution is 9.10. The van der Waals surface area contributed by atoms with Crippen LogP contribution in [0, 0.1) is 6.92 Å². The molecule has 0 atom stereocenters. The number of hydrogen-bond acceptors (Lipinski definition) is 1. The zero-order valence-corrected chi connectivity index (χ0v) is 9.99. The lowest BCUT2D eigenvalue weighted by atomic mass is 10.2. The summed E-state index contributed by atoms with van der Waals surface area (Å²) in [6, 6.07) is 3.06. The maximum absolute atomic E-state index is 12.0. The first-order valence-corrected chi connectivity index (χ1v) is 5.13. The molecule has 1 amide bonds. The smallest absolute Gasteiger partial charge is 0.315 e. The Morgan fingerprint density at radius 1 is 1.53 bits per heavy atom. The van der Waals surface area contributed by atoms with E-state index in [4.69, 9.17) is 11.6 Å². The molecule has 0 saturated carbocycles. The fourth-order valence-corrected chi connectivity index (χ4v) is 1.59. The predicted molar refractivity (Wildman–Crippen MR) is 58.5 cm³/mol. The average molecular weight is 299 g/mol. The SMILES string of the molecule is Cc1cc(Br)c(Cl)cc1NC(=O)C(F)F. The van der Waals surface area contributed by atoms with Crippen molar-refractivity contribution in [2.75, 3.05) is 5.32 Å². The zero-order valence-electron chi connectivity index (χ0n) is 7.65. The molecule has 0 aliphatic heterocycles. The maximum atomic E-state index is 12.0. The van der Waals surface area contributed by atoms with Crippen molar-refractivity contribution in [2.24, 2.45) is 0 Å². The number of carbonyl (C=O) groups is 1. The molecule has 0 unspecified atom stereocenters. The number of aryl methyl sites for hydroxylation is 1. The Morgan fingerprint density at radius 3 is 2.67 bits per heavy atom. The minimum Gasteiger partial charge on any atom is -0.321 e. The van der Waals surface area contributed by atoms with Crippen LogP contribution in [0.3, 0.4) is 0 Å². The Balaban J connectivity index is 2.96. The van der Waals surface area contributed by atoms with E-state index >= 15 is 0 Å². The lowest BCUT2D eigenvalue weighted by Crippen LogP contribution is -2.20. The van der Waals surface area contributed by atoms with Gasteiger partial charge < -0.3 is 5.32 Å². The minimum absolute atomic E-state index is 0.286. The quantitative estimate of drug-likeness (QED) is 0.888. The van der Waals surface area contributed by atoms with Crippen LogP contribution in [-0.4, -0.2) is 12.3 Å². The van der Waals surface area contributed by atoms with Crippen LogP contribution in [0.1, 0.15) is 5.56 Å². The van der Waals surface area contributed by atoms with E-state index < -0.39 is 12.3 Å². The van der Waals surface area contributed by atoms with Crippen LogP contribution < -0.4 is 5.32 Å². The molecule has 1 aromatic rings. The standard InChI is InChI=1S/C9H7BrClF2NO/c1-4-2-5(10)6(11)3-7(4)14-9(15)8(12)13/h2-3,8H,1H3,(H,14,15). The van der Waals surface area contributed by atoms with Crippen LogP contribution in [0.2, 0.25) is 5.02 Å². The van der Waals surface area contributed by atoms with Crippen LogP contribution in [0.5, 0.6) is 0 Å². The van der Waals surface area contributed by atoms with Crippen molar-refractivity contribution in [3.05, 3.63) is 27.2 Å². The monoisotopic (exact) mass is 297 g/mol. The fraction of sp³-hybridized carbons (Fsp3) is 0.222. The van der Waals surface area contributed by atoms with Crippen LogP contribution in [0.4, 0.5) is 14.5 Å². The maximum Gasteiger partial charge on any atom is 0.315 e. The molecule has 82 valence electrons. The topological polar surface area (TPSA) is 29.1 Å². The van der Waals surface area contributed by atoms with Crippen molar-refractivity contribution in [3.8, 4) is 0 Å². The summed E-state index contributed by atoms with van der Waals surface area (Å²) in [5.41, 5.74) is 0.939. The number of anilines is 1. The highest BCUT2D eigenvalue weighted by Gasteiger charge is 2.16. The first-order valence-electron chi connectivity index (χ1n) is 3.96. The second-order valence-corrected chi connectivity index (χ2v) is 4.13. The molecule has 0 aliphatic carbocycles. The molecule has 0 aliphatic rings. The number of amides is 1. The summed E-state index contributed by atoms with van der Waals surface area (Å²) < 4.78 is 24.6. The zero-order chi connectivity index (χ0) is 11.6. The molecule has 6 heteroatoms. The number of carbonyl (C=O) groups excluding carboxylic acids is 1. The second kappa shape index (κ2) is 4.90. The third-order valence-corrected chi connectivity index (χ3v) is 2.92. The first kappa shape index (κ1) is 12.4. The second-order valence-electron chi connectivity index (χ2n) is 2.87. The summed E-state index contributed by atoms with van der Waals surface area (Å²) in [5.74, 6) is -1.34. The Morgan fingerprint density at radius 2 is 2.13 bits per heavy atom. The molecule has 0 bridgehead atoms. The normalized spacial score (nSPS) is 10.5. The van der Waals surface area contributed by atoms with E-state index in [1.807, 2.05) is 0 Å². The summed E-state index contributed by atoms with van der Waals surface area (Å²) in [7, 11) is 0. The van der Waals surface area contributed by atoms with Gasteiger partial charge >= 0.3 is 6.43 Å². The van der Waals surface area contributed by atoms with Crippen molar-refractivity contribution in [1.29, 1.82) is 0 Å². The van der Waals surface area contributed by atoms with Crippen molar-refractivity contribution >= 4 is 39.1 Å². The molecule has 0 aromatic heterocycles. The summed E-state index contributed by atoms with van der Waals surface area (Å²) in [4.78, 5) is 10.7. The Hall–Kier alpha value is -0.680. The molecule has 2 nitrogen and oxygen atoms in total. The largest absolute Gasteiger partial charge is 0.321 e. The van der Waals surface area contributed by atoms with Gasteiger partial charge in [0.2, 0.25) is 0 Å². The van der Waals surface area contributed by atoms with Gasteiger partial charge in [0, 0.05) is 10.2 Å². The number of alkyl halides is 2. The Labute approximate surface area is 98.7 Å². The van der Waals surface area contributed by atoms with Gasteiger partial charge in [0.15, 0.2) is 0 Å². The van der Waals surface area contributed by atoms with Gasteiger partial charge in [-0.2, -0.15) is 8.78 Å². The van der Waals surface area contributed by atoms with Crippen LogP contribution in [0.25, 0.3) is 0 Å². The first-order chi connectivity index (χ1) is 6.91. The number of nitrogens with one attached hydrogen (secondary N) is 1. The van der Waals surface area contributed by atoms with E-state index in [0.29, 0.717) is 15.1 Å².